The number of nitrogen functional groups attached to an aromatic ring is 1. The number of carboxylic acids is 1. The summed E-state index contributed by atoms with van der Waals surface area (Å²) < 4.78 is 0.960. The number of aliphatic carboxylic acids is 1. The average molecular weight is 513 g/mol. The zero-order valence-corrected chi connectivity index (χ0v) is 19.4. The molecule has 5 N–H and O–H groups in total. The van der Waals surface area contributed by atoms with E-state index in [2.05, 4.69) is 10.3 Å². The van der Waals surface area contributed by atoms with Crippen LogP contribution in [0.15, 0.2) is 70.3 Å². The smallest absolute Gasteiger partial charge is 0.333 e. The van der Waals surface area contributed by atoms with E-state index in [4.69, 9.17) is 28.9 Å². The number of carboxylic acid groups (broad SMARTS) is 1. The Morgan fingerprint density at radius 3 is 2.31 bits per heavy atom. The van der Waals surface area contributed by atoms with E-state index < -0.39 is 29.2 Å². The van der Waals surface area contributed by atoms with E-state index >= 15 is 0 Å². The molecular weight excluding hydrogens is 495 g/mol. The second-order valence-electron chi connectivity index (χ2n) is 7.71. The van der Waals surface area contributed by atoms with Crippen molar-refractivity contribution in [3.05, 3.63) is 103 Å². The Kier molecular flexibility index (Phi) is 6.63. The summed E-state index contributed by atoms with van der Waals surface area (Å²) in [5.41, 5.74) is 6.13. The van der Waals surface area contributed by atoms with Gasteiger partial charge in [-0.1, -0.05) is 41.4 Å². The molecule has 0 aliphatic carbocycles. The Balaban J connectivity index is 1.60. The molecule has 1 atom stereocenters. The fourth-order valence-corrected chi connectivity index (χ4v) is 4.20. The van der Waals surface area contributed by atoms with Gasteiger partial charge in [-0.05, 0) is 48.0 Å². The van der Waals surface area contributed by atoms with Gasteiger partial charge in [-0.2, -0.15) is 0 Å². The van der Waals surface area contributed by atoms with Crippen molar-refractivity contribution >= 4 is 51.7 Å². The van der Waals surface area contributed by atoms with Gasteiger partial charge in [0.25, 0.3) is 11.5 Å². The van der Waals surface area contributed by atoms with Crippen LogP contribution in [0.1, 0.15) is 15.9 Å². The Morgan fingerprint density at radius 2 is 1.69 bits per heavy atom. The van der Waals surface area contributed by atoms with E-state index in [9.17, 15) is 24.3 Å². The number of carbonyl (C=O) groups is 2. The average Bonchev–Trinajstić information content (AvgIpc) is 2.80. The number of nitrogens with zero attached hydrogens (tertiary/aromatic N) is 1. The van der Waals surface area contributed by atoms with Gasteiger partial charge in [0, 0.05) is 12.1 Å². The third-order valence-corrected chi connectivity index (χ3v) is 5.98. The standard InChI is InChI=1S/C24H18Cl2N4O5/c25-16-2-1-3-17(26)20(16)21(31)28-19(23(33)34)10-12-4-7-14(8-5-12)30-22(32)15-11-13(27)6-9-18(15)29-24(30)35/h1-9,11,19H,10,27H2,(H,28,31)(H,29,35)(H,33,34)/t19-/m0/s1. The SMILES string of the molecule is Nc1ccc2[nH]c(=O)n(-c3ccc(C[C@H](NC(=O)c4c(Cl)cccc4Cl)C(=O)O)cc3)c(=O)c2c1. The topological polar surface area (TPSA) is 147 Å². The number of benzene rings is 3. The van der Waals surface area contributed by atoms with Crippen molar-refractivity contribution < 1.29 is 14.7 Å². The lowest BCUT2D eigenvalue weighted by molar-refractivity contribution is -0.139. The van der Waals surface area contributed by atoms with Gasteiger partial charge in [0.05, 0.1) is 32.2 Å². The monoisotopic (exact) mass is 512 g/mol. The number of fused-ring (bicyclic) bond motifs is 1. The summed E-state index contributed by atoms with van der Waals surface area (Å²) in [4.78, 5) is 52.5. The molecule has 0 unspecified atom stereocenters. The number of rotatable bonds is 6. The van der Waals surface area contributed by atoms with Crippen LogP contribution in [0.25, 0.3) is 16.6 Å². The van der Waals surface area contributed by atoms with Gasteiger partial charge >= 0.3 is 11.7 Å². The third kappa shape index (κ3) is 4.91. The molecule has 0 fully saturated rings. The highest BCUT2D eigenvalue weighted by molar-refractivity contribution is 6.39. The number of aromatic amines is 1. The largest absolute Gasteiger partial charge is 0.480 e. The first-order valence-electron chi connectivity index (χ1n) is 10.3. The molecule has 178 valence electrons. The molecule has 0 aliphatic rings. The number of nitrogens with two attached hydrogens (primary N) is 1. The van der Waals surface area contributed by atoms with Crippen LogP contribution in [0, 0.1) is 0 Å². The van der Waals surface area contributed by atoms with Crippen LogP contribution >= 0.6 is 23.2 Å². The van der Waals surface area contributed by atoms with Crippen LogP contribution < -0.4 is 22.3 Å². The van der Waals surface area contributed by atoms with E-state index in [1.807, 2.05) is 0 Å². The summed E-state index contributed by atoms with van der Waals surface area (Å²) in [6, 6.07) is 14.0. The molecule has 1 heterocycles. The molecule has 1 aromatic heterocycles. The van der Waals surface area contributed by atoms with Crippen molar-refractivity contribution in [1.29, 1.82) is 0 Å². The fourth-order valence-electron chi connectivity index (χ4n) is 3.63. The van der Waals surface area contributed by atoms with Crippen LogP contribution in [-0.2, 0) is 11.2 Å². The first-order valence-corrected chi connectivity index (χ1v) is 11.0. The molecular formula is C24H18Cl2N4O5. The number of nitrogens with one attached hydrogen (secondary N) is 2. The van der Waals surface area contributed by atoms with Gasteiger partial charge in [-0.3, -0.25) is 9.59 Å². The van der Waals surface area contributed by atoms with Gasteiger partial charge < -0.3 is 21.1 Å². The number of amides is 1. The summed E-state index contributed by atoms with van der Waals surface area (Å²) >= 11 is 12.1. The van der Waals surface area contributed by atoms with Crippen molar-refractivity contribution in [2.45, 2.75) is 12.5 Å². The van der Waals surface area contributed by atoms with Crippen LogP contribution in [0.2, 0.25) is 10.0 Å². The first-order chi connectivity index (χ1) is 16.7. The quantitative estimate of drug-likeness (QED) is 0.292. The lowest BCUT2D eigenvalue weighted by Gasteiger charge is -2.16. The van der Waals surface area contributed by atoms with Gasteiger partial charge in [0.2, 0.25) is 0 Å². The zero-order chi connectivity index (χ0) is 25.3. The minimum Gasteiger partial charge on any atom is -0.480 e. The maximum absolute atomic E-state index is 12.9. The number of carbonyl (C=O) groups excluding carboxylic acids is 1. The minimum absolute atomic E-state index is 0.0204. The van der Waals surface area contributed by atoms with Gasteiger partial charge in [0.1, 0.15) is 6.04 Å². The molecule has 0 aliphatic heterocycles. The van der Waals surface area contributed by atoms with Crippen LogP contribution in [0.5, 0.6) is 0 Å². The molecule has 1 amide bonds. The van der Waals surface area contributed by atoms with Crippen LogP contribution in [-0.4, -0.2) is 32.6 Å². The summed E-state index contributed by atoms with van der Waals surface area (Å²) in [6.07, 6.45) is -0.0665. The van der Waals surface area contributed by atoms with Crippen LogP contribution in [0.3, 0.4) is 0 Å². The second-order valence-corrected chi connectivity index (χ2v) is 8.52. The molecule has 0 saturated carbocycles. The van der Waals surface area contributed by atoms with Crippen molar-refractivity contribution in [2.24, 2.45) is 0 Å². The highest BCUT2D eigenvalue weighted by atomic mass is 35.5. The molecule has 0 spiro atoms. The maximum Gasteiger partial charge on any atom is 0.333 e. The zero-order valence-electron chi connectivity index (χ0n) is 17.9. The Morgan fingerprint density at radius 1 is 1.03 bits per heavy atom. The molecule has 4 rings (SSSR count). The molecule has 11 heteroatoms. The summed E-state index contributed by atoms with van der Waals surface area (Å²) in [5, 5.41) is 12.5. The van der Waals surface area contributed by atoms with Gasteiger partial charge in [-0.25, -0.2) is 14.2 Å². The van der Waals surface area contributed by atoms with Crippen molar-refractivity contribution in [3.8, 4) is 5.69 Å². The maximum atomic E-state index is 12.9. The Labute approximate surface area is 207 Å². The molecule has 0 radical (unpaired) electrons. The van der Waals surface area contributed by atoms with E-state index in [0.717, 1.165) is 4.57 Å². The van der Waals surface area contributed by atoms with Crippen molar-refractivity contribution in [1.82, 2.24) is 14.9 Å². The van der Waals surface area contributed by atoms with E-state index in [1.165, 1.54) is 30.3 Å². The number of halogens is 2. The van der Waals surface area contributed by atoms with Crippen molar-refractivity contribution in [3.63, 3.8) is 0 Å². The molecule has 9 nitrogen and oxygen atoms in total. The Hall–Kier alpha value is -4.08. The highest BCUT2D eigenvalue weighted by Crippen LogP contribution is 2.24. The van der Waals surface area contributed by atoms with E-state index in [-0.39, 0.29) is 33.1 Å². The predicted molar refractivity (Wildman–Crippen MR) is 134 cm³/mol. The highest BCUT2D eigenvalue weighted by Gasteiger charge is 2.24. The summed E-state index contributed by atoms with van der Waals surface area (Å²) in [5.74, 6) is -1.98. The molecule has 0 bridgehead atoms. The summed E-state index contributed by atoms with van der Waals surface area (Å²) in [7, 11) is 0. The lowest BCUT2D eigenvalue weighted by Crippen LogP contribution is -2.42. The number of H-pyrrole nitrogens is 1. The molecule has 35 heavy (non-hydrogen) atoms. The predicted octanol–water partition coefficient (Wildman–Crippen LogP) is 2.99. The Bertz CT molecular complexity index is 1560. The number of hydrogen-bond donors (Lipinski definition) is 4. The summed E-state index contributed by atoms with van der Waals surface area (Å²) in [6.45, 7) is 0. The normalized spacial score (nSPS) is 11.8. The molecule has 0 saturated heterocycles. The first kappa shape index (κ1) is 24.1. The number of hydrogen-bond acceptors (Lipinski definition) is 5. The van der Waals surface area contributed by atoms with E-state index in [1.54, 1.807) is 30.3 Å². The number of anilines is 1. The van der Waals surface area contributed by atoms with Gasteiger partial charge in [0.15, 0.2) is 0 Å². The van der Waals surface area contributed by atoms with Crippen LogP contribution in [0.4, 0.5) is 5.69 Å². The second kappa shape index (κ2) is 9.65. The third-order valence-electron chi connectivity index (χ3n) is 5.35. The van der Waals surface area contributed by atoms with Gasteiger partial charge in [-0.15, -0.1) is 0 Å². The lowest BCUT2D eigenvalue weighted by atomic mass is 10.0. The van der Waals surface area contributed by atoms with E-state index in [0.29, 0.717) is 16.8 Å². The fraction of sp³-hybridized carbons (Fsp3) is 0.0833. The van der Waals surface area contributed by atoms with Crippen molar-refractivity contribution in [2.75, 3.05) is 5.73 Å². The minimum atomic E-state index is -1.28. The molecule has 3 aromatic carbocycles. The number of aromatic nitrogens is 2. The molecule has 4 aromatic rings.